The summed E-state index contributed by atoms with van der Waals surface area (Å²) in [4.78, 5) is 16.4. The van der Waals surface area contributed by atoms with Crippen LogP contribution < -0.4 is 10.6 Å². The number of carbonyl (C=O) groups excluding carboxylic acids is 1. The van der Waals surface area contributed by atoms with E-state index in [1.165, 1.54) is 0 Å². The summed E-state index contributed by atoms with van der Waals surface area (Å²) >= 11 is 11.8. The average Bonchev–Trinajstić information content (AvgIpc) is 2.51. The molecule has 110 valence electrons. The van der Waals surface area contributed by atoms with Crippen molar-refractivity contribution in [1.82, 2.24) is 4.98 Å². The van der Waals surface area contributed by atoms with Crippen LogP contribution in [0, 0.1) is 0 Å². The Bertz CT molecular complexity index is 846. The molecule has 0 radical (unpaired) electrons. The van der Waals surface area contributed by atoms with Crippen LogP contribution in [0.15, 0.2) is 54.7 Å². The van der Waals surface area contributed by atoms with Crippen LogP contribution in [0.25, 0.3) is 10.9 Å². The van der Waals surface area contributed by atoms with Crippen molar-refractivity contribution in [3.8, 4) is 0 Å². The number of amides is 2. The summed E-state index contributed by atoms with van der Waals surface area (Å²) in [6, 6.07) is 13.8. The van der Waals surface area contributed by atoms with Crippen LogP contribution in [0.2, 0.25) is 10.0 Å². The summed E-state index contributed by atoms with van der Waals surface area (Å²) in [5.41, 5.74) is 2.06. The third kappa shape index (κ3) is 3.13. The maximum Gasteiger partial charge on any atom is 0.323 e. The number of urea groups is 1. The molecule has 0 aliphatic rings. The molecular weight excluding hydrogens is 321 g/mol. The van der Waals surface area contributed by atoms with E-state index in [0.29, 0.717) is 21.4 Å². The molecule has 22 heavy (non-hydrogen) atoms. The number of hydrogen-bond donors (Lipinski definition) is 2. The van der Waals surface area contributed by atoms with Crippen molar-refractivity contribution in [3.05, 3.63) is 64.8 Å². The highest BCUT2D eigenvalue weighted by molar-refractivity contribution is 6.42. The second kappa shape index (κ2) is 6.22. The SMILES string of the molecule is O=C(Nc1ccc(Cl)c(Cl)c1)Nc1cccc2ncccc12. The Morgan fingerprint density at radius 2 is 1.82 bits per heavy atom. The van der Waals surface area contributed by atoms with E-state index in [-0.39, 0.29) is 6.03 Å². The zero-order valence-corrected chi connectivity index (χ0v) is 12.8. The van der Waals surface area contributed by atoms with Crippen molar-refractivity contribution in [2.24, 2.45) is 0 Å². The molecule has 6 heteroatoms. The first-order valence-corrected chi connectivity index (χ1v) is 7.26. The van der Waals surface area contributed by atoms with Crippen molar-refractivity contribution in [1.29, 1.82) is 0 Å². The van der Waals surface area contributed by atoms with E-state index in [4.69, 9.17) is 23.2 Å². The van der Waals surface area contributed by atoms with Crippen LogP contribution in [-0.4, -0.2) is 11.0 Å². The number of benzene rings is 2. The van der Waals surface area contributed by atoms with Gasteiger partial charge in [0.1, 0.15) is 0 Å². The van der Waals surface area contributed by atoms with Crippen LogP contribution >= 0.6 is 23.2 Å². The van der Waals surface area contributed by atoms with Gasteiger partial charge >= 0.3 is 6.03 Å². The summed E-state index contributed by atoms with van der Waals surface area (Å²) in [5, 5.41) is 7.20. The Morgan fingerprint density at radius 1 is 0.955 bits per heavy atom. The predicted molar refractivity (Wildman–Crippen MR) is 90.8 cm³/mol. The molecular formula is C16H11Cl2N3O. The Kier molecular flexibility index (Phi) is 4.13. The molecule has 1 heterocycles. The number of nitrogens with one attached hydrogen (secondary N) is 2. The minimum atomic E-state index is -0.366. The van der Waals surface area contributed by atoms with Crippen molar-refractivity contribution in [2.75, 3.05) is 10.6 Å². The Morgan fingerprint density at radius 3 is 2.64 bits per heavy atom. The van der Waals surface area contributed by atoms with Crippen molar-refractivity contribution in [3.63, 3.8) is 0 Å². The summed E-state index contributed by atoms with van der Waals surface area (Å²) in [5.74, 6) is 0. The first-order chi connectivity index (χ1) is 10.6. The zero-order chi connectivity index (χ0) is 15.5. The number of fused-ring (bicyclic) bond motifs is 1. The zero-order valence-electron chi connectivity index (χ0n) is 11.3. The summed E-state index contributed by atoms with van der Waals surface area (Å²) in [6.45, 7) is 0. The second-order valence-corrected chi connectivity index (χ2v) is 5.40. The average molecular weight is 332 g/mol. The van der Waals surface area contributed by atoms with Crippen molar-refractivity contribution < 1.29 is 4.79 Å². The predicted octanol–water partition coefficient (Wildman–Crippen LogP) is 5.19. The lowest BCUT2D eigenvalue weighted by Crippen LogP contribution is -2.19. The van der Waals surface area contributed by atoms with Crippen molar-refractivity contribution >= 4 is 51.5 Å². The molecule has 0 aliphatic heterocycles. The van der Waals surface area contributed by atoms with Crippen LogP contribution in [0.1, 0.15) is 0 Å². The van der Waals surface area contributed by atoms with E-state index < -0.39 is 0 Å². The summed E-state index contributed by atoms with van der Waals surface area (Å²) in [6.07, 6.45) is 1.71. The molecule has 2 amide bonds. The number of hydrogen-bond acceptors (Lipinski definition) is 2. The van der Waals surface area contributed by atoms with Gasteiger partial charge < -0.3 is 10.6 Å². The molecule has 2 N–H and O–H groups in total. The lowest BCUT2D eigenvalue weighted by molar-refractivity contribution is 0.262. The summed E-state index contributed by atoms with van der Waals surface area (Å²) in [7, 11) is 0. The number of rotatable bonds is 2. The number of nitrogens with zero attached hydrogens (tertiary/aromatic N) is 1. The fraction of sp³-hybridized carbons (Fsp3) is 0. The lowest BCUT2D eigenvalue weighted by Gasteiger charge is -2.10. The molecule has 0 atom stereocenters. The normalized spacial score (nSPS) is 10.5. The standard InChI is InChI=1S/C16H11Cl2N3O/c17-12-7-6-10(9-13(12)18)20-16(22)21-15-5-1-4-14-11(15)3-2-8-19-14/h1-9H,(H2,20,21,22). The largest absolute Gasteiger partial charge is 0.323 e. The highest BCUT2D eigenvalue weighted by Gasteiger charge is 2.07. The molecule has 1 aromatic heterocycles. The van der Waals surface area contributed by atoms with Gasteiger partial charge in [-0.3, -0.25) is 4.98 Å². The number of pyridine rings is 1. The maximum absolute atomic E-state index is 12.1. The third-order valence-electron chi connectivity index (χ3n) is 3.07. The minimum absolute atomic E-state index is 0.366. The summed E-state index contributed by atoms with van der Waals surface area (Å²) < 4.78 is 0. The van der Waals surface area contributed by atoms with Gasteiger partial charge in [0.15, 0.2) is 0 Å². The molecule has 0 saturated heterocycles. The van der Waals surface area contributed by atoms with Gasteiger partial charge in [-0.25, -0.2) is 4.79 Å². The molecule has 0 spiro atoms. The second-order valence-electron chi connectivity index (χ2n) is 4.58. The molecule has 4 nitrogen and oxygen atoms in total. The lowest BCUT2D eigenvalue weighted by atomic mass is 10.2. The highest BCUT2D eigenvalue weighted by atomic mass is 35.5. The maximum atomic E-state index is 12.1. The molecule has 0 unspecified atom stereocenters. The highest BCUT2D eigenvalue weighted by Crippen LogP contribution is 2.25. The topological polar surface area (TPSA) is 54.0 Å². The van der Waals surface area contributed by atoms with Crippen LogP contribution in [0.3, 0.4) is 0 Å². The van der Waals surface area contributed by atoms with Crippen LogP contribution in [-0.2, 0) is 0 Å². The van der Waals surface area contributed by atoms with Crippen LogP contribution in [0.4, 0.5) is 16.2 Å². The van der Waals surface area contributed by atoms with Gasteiger partial charge in [0.05, 0.1) is 21.2 Å². The van der Waals surface area contributed by atoms with E-state index >= 15 is 0 Å². The van der Waals surface area contributed by atoms with Gasteiger partial charge in [-0.15, -0.1) is 0 Å². The molecule has 0 bridgehead atoms. The molecule has 0 saturated carbocycles. The first-order valence-electron chi connectivity index (χ1n) is 6.50. The smallest absolute Gasteiger partial charge is 0.308 e. The van der Waals surface area contributed by atoms with Gasteiger partial charge in [0.25, 0.3) is 0 Å². The van der Waals surface area contributed by atoms with Gasteiger partial charge in [-0.05, 0) is 42.5 Å². The van der Waals surface area contributed by atoms with Gasteiger partial charge in [0.2, 0.25) is 0 Å². The van der Waals surface area contributed by atoms with E-state index in [9.17, 15) is 4.79 Å². The van der Waals surface area contributed by atoms with Gasteiger partial charge in [-0.1, -0.05) is 29.3 Å². The minimum Gasteiger partial charge on any atom is -0.308 e. The van der Waals surface area contributed by atoms with Gasteiger partial charge in [0, 0.05) is 17.3 Å². The number of anilines is 2. The molecule has 3 rings (SSSR count). The number of halogens is 2. The third-order valence-corrected chi connectivity index (χ3v) is 3.81. The monoisotopic (exact) mass is 331 g/mol. The number of aromatic nitrogens is 1. The fourth-order valence-electron chi connectivity index (χ4n) is 2.07. The van der Waals surface area contributed by atoms with E-state index in [0.717, 1.165) is 10.9 Å². The van der Waals surface area contributed by atoms with Crippen LogP contribution in [0.5, 0.6) is 0 Å². The molecule has 0 aliphatic carbocycles. The Labute approximate surface area is 137 Å². The molecule has 2 aromatic carbocycles. The Balaban J connectivity index is 1.80. The van der Waals surface area contributed by atoms with E-state index in [1.54, 1.807) is 24.4 Å². The van der Waals surface area contributed by atoms with E-state index in [2.05, 4.69) is 15.6 Å². The van der Waals surface area contributed by atoms with E-state index in [1.807, 2.05) is 30.3 Å². The first kappa shape index (κ1) is 14.6. The molecule has 3 aromatic rings. The van der Waals surface area contributed by atoms with Gasteiger partial charge in [-0.2, -0.15) is 0 Å². The Hall–Kier alpha value is -2.30. The fourth-order valence-corrected chi connectivity index (χ4v) is 2.37. The molecule has 0 fully saturated rings. The quantitative estimate of drug-likeness (QED) is 0.679. The van der Waals surface area contributed by atoms with Crippen molar-refractivity contribution in [2.45, 2.75) is 0 Å². The number of carbonyl (C=O) groups is 1.